The summed E-state index contributed by atoms with van der Waals surface area (Å²) < 4.78 is 0. The number of amides is 1. The summed E-state index contributed by atoms with van der Waals surface area (Å²) in [6.07, 6.45) is 3.67. The van der Waals surface area contributed by atoms with Crippen LogP contribution >= 0.6 is 0 Å². The topological polar surface area (TPSA) is 65.1 Å². The monoisotopic (exact) mass is 251 g/mol. The predicted octanol–water partition coefficient (Wildman–Crippen LogP) is 0.669. The molecule has 1 N–H and O–H groups in total. The van der Waals surface area contributed by atoms with E-state index in [1.807, 2.05) is 7.05 Å². The Hall–Kier alpha value is -1.43. The molecule has 1 aromatic rings. The molecule has 1 aliphatic rings. The standard InChI is InChI=1S/C12H21N5O/c1-9-11(14-15-13-9)12(18)17(3)8-10-6-4-5-7-16(10)2/h10H,4-8H2,1-3H3,(H,13,14,15). The SMILES string of the molecule is Cc1n[nH]nc1C(=O)N(C)CC1CCCCN1C. The van der Waals surface area contributed by atoms with Crippen LogP contribution in [0.5, 0.6) is 0 Å². The molecule has 1 unspecified atom stereocenters. The van der Waals surface area contributed by atoms with E-state index in [1.54, 1.807) is 11.8 Å². The third-order valence-corrected chi connectivity index (χ3v) is 3.68. The third kappa shape index (κ3) is 2.69. The highest BCUT2D eigenvalue weighted by Crippen LogP contribution is 2.16. The Morgan fingerprint density at radius 2 is 2.28 bits per heavy atom. The average molecular weight is 251 g/mol. The zero-order valence-electron chi connectivity index (χ0n) is 11.3. The molecule has 1 fully saturated rings. The maximum atomic E-state index is 12.2. The number of likely N-dealkylation sites (N-methyl/N-ethyl adjacent to an activating group) is 2. The molecule has 0 spiro atoms. The second kappa shape index (κ2) is 5.48. The average Bonchev–Trinajstić information content (AvgIpc) is 2.77. The second-order valence-electron chi connectivity index (χ2n) is 5.07. The molecular formula is C12H21N5O. The fraction of sp³-hybridized carbons (Fsp3) is 0.750. The van der Waals surface area contributed by atoms with Gasteiger partial charge in [-0.2, -0.15) is 15.4 Å². The molecule has 2 rings (SSSR count). The van der Waals surface area contributed by atoms with Crippen LogP contribution in [0.4, 0.5) is 0 Å². The zero-order valence-corrected chi connectivity index (χ0v) is 11.3. The zero-order chi connectivity index (χ0) is 13.1. The number of H-pyrrole nitrogens is 1. The lowest BCUT2D eigenvalue weighted by molar-refractivity contribution is 0.0710. The Labute approximate surface area is 107 Å². The molecule has 1 saturated heterocycles. The Kier molecular flexibility index (Phi) is 3.96. The summed E-state index contributed by atoms with van der Waals surface area (Å²) >= 11 is 0. The summed E-state index contributed by atoms with van der Waals surface area (Å²) in [5.41, 5.74) is 1.08. The van der Waals surface area contributed by atoms with Crippen molar-refractivity contribution in [2.45, 2.75) is 32.2 Å². The highest BCUT2D eigenvalue weighted by Gasteiger charge is 2.24. The normalized spacial score (nSPS) is 20.9. The van der Waals surface area contributed by atoms with E-state index in [1.165, 1.54) is 12.8 Å². The largest absolute Gasteiger partial charge is 0.339 e. The van der Waals surface area contributed by atoms with Crippen molar-refractivity contribution in [3.8, 4) is 0 Å². The Morgan fingerprint density at radius 1 is 1.50 bits per heavy atom. The van der Waals surface area contributed by atoms with E-state index in [0.29, 0.717) is 17.4 Å². The van der Waals surface area contributed by atoms with Crippen molar-refractivity contribution in [3.05, 3.63) is 11.4 Å². The Bertz CT molecular complexity index is 416. The summed E-state index contributed by atoms with van der Waals surface area (Å²) in [5, 5.41) is 10.3. The van der Waals surface area contributed by atoms with Gasteiger partial charge in [0, 0.05) is 19.6 Å². The van der Waals surface area contributed by atoms with Crippen molar-refractivity contribution >= 4 is 5.91 Å². The maximum absolute atomic E-state index is 12.2. The lowest BCUT2D eigenvalue weighted by Gasteiger charge is -2.35. The number of likely N-dealkylation sites (tertiary alicyclic amines) is 1. The van der Waals surface area contributed by atoms with Gasteiger partial charge in [-0.05, 0) is 33.4 Å². The number of aryl methyl sites for hydroxylation is 1. The molecule has 0 aliphatic carbocycles. The number of aromatic amines is 1. The minimum absolute atomic E-state index is 0.0553. The van der Waals surface area contributed by atoms with Gasteiger partial charge in [-0.25, -0.2) is 0 Å². The first-order chi connectivity index (χ1) is 8.59. The molecular weight excluding hydrogens is 230 g/mol. The maximum Gasteiger partial charge on any atom is 0.276 e. The number of nitrogens with one attached hydrogen (secondary N) is 1. The molecule has 1 amide bonds. The minimum atomic E-state index is -0.0553. The summed E-state index contributed by atoms with van der Waals surface area (Å²) in [6, 6.07) is 0.458. The third-order valence-electron chi connectivity index (χ3n) is 3.68. The first-order valence-corrected chi connectivity index (χ1v) is 6.42. The van der Waals surface area contributed by atoms with Crippen LogP contribution in [0, 0.1) is 6.92 Å². The fourth-order valence-corrected chi connectivity index (χ4v) is 2.44. The van der Waals surface area contributed by atoms with Crippen molar-refractivity contribution in [2.75, 3.05) is 27.2 Å². The Morgan fingerprint density at radius 3 is 2.89 bits per heavy atom. The van der Waals surface area contributed by atoms with Crippen LogP contribution in [0.2, 0.25) is 0 Å². The van der Waals surface area contributed by atoms with E-state index < -0.39 is 0 Å². The summed E-state index contributed by atoms with van der Waals surface area (Å²) in [7, 11) is 3.96. The van der Waals surface area contributed by atoms with Gasteiger partial charge in [0.25, 0.3) is 5.91 Å². The number of carbonyl (C=O) groups excluding carboxylic acids is 1. The van der Waals surface area contributed by atoms with Crippen LogP contribution < -0.4 is 0 Å². The molecule has 6 heteroatoms. The van der Waals surface area contributed by atoms with E-state index in [9.17, 15) is 4.79 Å². The van der Waals surface area contributed by atoms with Crippen molar-refractivity contribution in [1.82, 2.24) is 25.2 Å². The quantitative estimate of drug-likeness (QED) is 0.857. The van der Waals surface area contributed by atoms with Crippen LogP contribution in [-0.4, -0.2) is 64.3 Å². The molecule has 100 valence electrons. The van der Waals surface area contributed by atoms with E-state index in [-0.39, 0.29) is 5.91 Å². The van der Waals surface area contributed by atoms with E-state index in [0.717, 1.165) is 19.5 Å². The van der Waals surface area contributed by atoms with Gasteiger partial charge < -0.3 is 9.80 Å². The van der Waals surface area contributed by atoms with E-state index in [4.69, 9.17) is 0 Å². The first kappa shape index (κ1) is 13.0. The molecule has 1 aliphatic heterocycles. The van der Waals surface area contributed by atoms with Crippen LogP contribution in [0.15, 0.2) is 0 Å². The van der Waals surface area contributed by atoms with Gasteiger partial charge in [0.05, 0.1) is 5.69 Å². The van der Waals surface area contributed by atoms with Crippen molar-refractivity contribution in [1.29, 1.82) is 0 Å². The fourth-order valence-electron chi connectivity index (χ4n) is 2.44. The second-order valence-corrected chi connectivity index (χ2v) is 5.07. The smallest absolute Gasteiger partial charge is 0.276 e. The number of carbonyl (C=O) groups is 1. The molecule has 2 heterocycles. The number of hydrogen-bond acceptors (Lipinski definition) is 4. The molecule has 0 radical (unpaired) electrons. The van der Waals surface area contributed by atoms with Gasteiger partial charge in [0.15, 0.2) is 5.69 Å². The van der Waals surface area contributed by atoms with Gasteiger partial charge >= 0.3 is 0 Å². The molecule has 6 nitrogen and oxygen atoms in total. The highest BCUT2D eigenvalue weighted by atomic mass is 16.2. The first-order valence-electron chi connectivity index (χ1n) is 6.42. The lowest BCUT2D eigenvalue weighted by Crippen LogP contribution is -2.45. The lowest BCUT2D eigenvalue weighted by atomic mass is 10.0. The van der Waals surface area contributed by atoms with Gasteiger partial charge in [-0.1, -0.05) is 6.42 Å². The molecule has 1 atom stereocenters. The van der Waals surface area contributed by atoms with E-state index in [2.05, 4.69) is 27.4 Å². The molecule has 0 saturated carbocycles. The van der Waals surface area contributed by atoms with Gasteiger partial charge in [-0.15, -0.1) is 0 Å². The van der Waals surface area contributed by atoms with Gasteiger partial charge in [0.2, 0.25) is 0 Å². The van der Waals surface area contributed by atoms with Crippen molar-refractivity contribution in [2.24, 2.45) is 0 Å². The number of piperidine rings is 1. The number of rotatable bonds is 3. The molecule has 0 aromatic carbocycles. The molecule has 1 aromatic heterocycles. The Balaban J connectivity index is 1.97. The molecule has 0 bridgehead atoms. The minimum Gasteiger partial charge on any atom is -0.339 e. The van der Waals surface area contributed by atoms with Crippen LogP contribution in [0.3, 0.4) is 0 Å². The summed E-state index contributed by atoms with van der Waals surface area (Å²) in [5.74, 6) is -0.0553. The van der Waals surface area contributed by atoms with E-state index >= 15 is 0 Å². The van der Waals surface area contributed by atoms with Gasteiger partial charge in [-0.3, -0.25) is 4.79 Å². The summed E-state index contributed by atoms with van der Waals surface area (Å²) in [6.45, 7) is 3.66. The van der Waals surface area contributed by atoms with Crippen molar-refractivity contribution in [3.63, 3.8) is 0 Å². The van der Waals surface area contributed by atoms with Gasteiger partial charge in [0.1, 0.15) is 0 Å². The number of aromatic nitrogens is 3. The number of nitrogens with zero attached hydrogens (tertiary/aromatic N) is 4. The highest BCUT2D eigenvalue weighted by molar-refractivity contribution is 5.92. The summed E-state index contributed by atoms with van der Waals surface area (Å²) in [4.78, 5) is 16.3. The van der Waals surface area contributed by atoms with Crippen LogP contribution in [0.25, 0.3) is 0 Å². The van der Waals surface area contributed by atoms with Crippen LogP contribution in [0.1, 0.15) is 35.4 Å². The van der Waals surface area contributed by atoms with Crippen LogP contribution in [-0.2, 0) is 0 Å². The predicted molar refractivity (Wildman–Crippen MR) is 68.3 cm³/mol. The molecule has 18 heavy (non-hydrogen) atoms. The van der Waals surface area contributed by atoms with Crippen molar-refractivity contribution < 1.29 is 4.79 Å². The number of hydrogen-bond donors (Lipinski definition) is 1.